The van der Waals surface area contributed by atoms with Crippen LogP contribution in [0.2, 0.25) is 0 Å². The molecule has 0 unspecified atom stereocenters. The largest absolute Gasteiger partial charge is 0.506 e. The molecule has 0 aromatic carbocycles. The molecule has 0 radical (unpaired) electrons. The molecule has 1 aliphatic rings. The van der Waals surface area contributed by atoms with Crippen molar-refractivity contribution in [2.45, 2.75) is 38.7 Å². The maximum absolute atomic E-state index is 11.6. The molecule has 17 heavy (non-hydrogen) atoms. The van der Waals surface area contributed by atoms with Gasteiger partial charge in [-0.15, -0.1) is 0 Å². The maximum atomic E-state index is 11.6. The molecular formula is C11H14O6. The number of hydrogen-bond donors (Lipinski definition) is 1. The van der Waals surface area contributed by atoms with Crippen molar-refractivity contribution in [2.24, 2.45) is 5.92 Å². The third-order valence-corrected chi connectivity index (χ3v) is 2.59. The number of ether oxygens (including phenoxy) is 1. The van der Waals surface area contributed by atoms with Crippen molar-refractivity contribution >= 4 is 23.5 Å². The molecule has 0 atom stereocenters. The second-order valence-corrected chi connectivity index (χ2v) is 4.00. The molecule has 0 amide bonds. The van der Waals surface area contributed by atoms with Crippen LogP contribution in [-0.2, 0) is 19.1 Å². The second-order valence-electron chi connectivity index (χ2n) is 4.00. The lowest BCUT2D eigenvalue weighted by Gasteiger charge is -2.24. The van der Waals surface area contributed by atoms with E-state index in [1.165, 1.54) is 0 Å². The molecule has 6 nitrogen and oxygen atoms in total. The number of rotatable bonds is 4. The van der Waals surface area contributed by atoms with Crippen LogP contribution in [0, 0.1) is 5.92 Å². The van der Waals surface area contributed by atoms with Crippen LogP contribution in [0.4, 0.5) is 4.79 Å². The fraction of sp³-hybridized carbons (Fsp3) is 0.636. The van der Waals surface area contributed by atoms with Crippen LogP contribution in [0.25, 0.3) is 0 Å². The zero-order chi connectivity index (χ0) is 13.0. The Morgan fingerprint density at radius 1 is 1.29 bits per heavy atom. The number of carbonyl (C=O) groups excluding carboxylic acids is 3. The summed E-state index contributed by atoms with van der Waals surface area (Å²) in [4.78, 5) is 45.0. The first-order valence-electron chi connectivity index (χ1n) is 5.43. The molecule has 0 heterocycles. The van der Waals surface area contributed by atoms with E-state index in [1.807, 2.05) is 0 Å². The van der Waals surface area contributed by atoms with Gasteiger partial charge in [-0.05, 0) is 6.42 Å². The van der Waals surface area contributed by atoms with Gasteiger partial charge in [-0.3, -0.25) is 14.4 Å². The lowest BCUT2D eigenvalue weighted by Crippen LogP contribution is -2.41. The van der Waals surface area contributed by atoms with Gasteiger partial charge in [0, 0.05) is 19.3 Å². The minimum absolute atomic E-state index is 0.187. The summed E-state index contributed by atoms with van der Waals surface area (Å²) in [6.07, 6.45) is -2.10. The Morgan fingerprint density at radius 2 is 1.82 bits per heavy atom. The maximum Gasteiger partial charge on any atom is 0.506 e. The van der Waals surface area contributed by atoms with Gasteiger partial charge >= 0.3 is 6.16 Å². The number of carboxylic acid groups (broad SMARTS) is 1. The Morgan fingerprint density at radius 3 is 2.24 bits per heavy atom. The molecule has 0 saturated heterocycles. The van der Waals surface area contributed by atoms with Crippen LogP contribution in [-0.4, -0.2) is 34.7 Å². The molecule has 1 N–H and O–H groups in total. The monoisotopic (exact) mass is 242 g/mol. The van der Waals surface area contributed by atoms with Gasteiger partial charge in [-0.2, -0.15) is 0 Å². The fourth-order valence-corrected chi connectivity index (χ4v) is 1.91. The predicted molar refractivity (Wildman–Crippen MR) is 55.6 cm³/mol. The summed E-state index contributed by atoms with van der Waals surface area (Å²) in [5.41, 5.74) is 0. The highest BCUT2D eigenvalue weighted by Crippen LogP contribution is 2.22. The van der Waals surface area contributed by atoms with Crippen LogP contribution >= 0.6 is 0 Å². The minimum Gasteiger partial charge on any atom is -0.450 e. The molecule has 0 bridgehead atoms. The highest BCUT2D eigenvalue weighted by atomic mass is 16.7. The third kappa shape index (κ3) is 3.37. The quantitative estimate of drug-likeness (QED) is 0.582. The van der Waals surface area contributed by atoms with Crippen LogP contribution < -0.4 is 0 Å². The van der Waals surface area contributed by atoms with Gasteiger partial charge in [0.2, 0.25) is 0 Å². The van der Waals surface area contributed by atoms with Crippen molar-refractivity contribution in [3.05, 3.63) is 0 Å². The second kappa shape index (κ2) is 5.56. The Kier molecular flexibility index (Phi) is 4.37. The van der Waals surface area contributed by atoms with Gasteiger partial charge in [-0.1, -0.05) is 6.92 Å². The first kappa shape index (κ1) is 13.3. The van der Waals surface area contributed by atoms with Crippen LogP contribution in [0.5, 0.6) is 0 Å². The van der Waals surface area contributed by atoms with Crippen LogP contribution in [0.3, 0.4) is 0 Å². The number of carbonyl (C=O) groups is 4. The van der Waals surface area contributed by atoms with Crippen molar-refractivity contribution in [2.75, 3.05) is 0 Å². The summed E-state index contributed by atoms with van der Waals surface area (Å²) >= 11 is 0. The molecule has 0 aromatic heterocycles. The summed E-state index contributed by atoms with van der Waals surface area (Å²) < 4.78 is 4.38. The highest BCUT2D eigenvalue weighted by molar-refractivity contribution is 6.20. The molecule has 6 heteroatoms. The third-order valence-electron chi connectivity index (χ3n) is 2.59. The van der Waals surface area contributed by atoms with E-state index in [0.717, 1.165) is 0 Å². The van der Waals surface area contributed by atoms with E-state index < -0.39 is 29.7 Å². The van der Waals surface area contributed by atoms with E-state index >= 15 is 0 Å². The summed E-state index contributed by atoms with van der Waals surface area (Å²) in [5, 5.41) is 8.39. The zero-order valence-corrected chi connectivity index (χ0v) is 9.47. The van der Waals surface area contributed by atoms with Crippen LogP contribution in [0.1, 0.15) is 32.6 Å². The Balaban J connectivity index is 2.68. The van der Waals surface area contributed by atoms with Crippen molar-refractivity contribution in [1.82, 2.24) is 0 Å². The average Bonchev–Trinajstić information content (AvgIpc) is 2.15. The highest BCUT2D eigenvalue weighted by Gasteiger charge is 2.40. The van der Waals surface area contributed by atoms with Crippen LogP contribution in [0.15, 0.2) is 0 Å². The molecule has 0 aromatic rings. The molecule has 0 spiro atoms. The first-order valence-corrected chi connectivity index (χ1v) is 5.43. The summed E-state index contributed by atoms with van der Waals surface area (Å²) in [6.45, 7) is 1.78. The van der Waals surface area contributed by atoms with E-state index in [2.05, 4.69) is 4.74 Å². The van der Waals surface area contributed by atoms with E-state index in [4.69, 9.17) is 5.11 Å². The van der Waals surface area contributed by atoms with Gasteiger partial charge < -0.3 is 9.84 Å². The lowest BCUT2D eigenvalue weighted by molar-refractivity contribution is -0.145. The van der Waals surface area contributed by atoms with Crippen molar-refractivity contribution in [3.63, 3.8) is 0 Å². The SMILES string of the molecule is CCCC(=O)C1C(=O)CC(OC(=O)O)CC1=O. The standard InChI is InChI=1S/C11H14O6/c1-2-3-7(12)10-8(13)4-6(5-9(10)14)17-11(15)16/h6,10H,2-5H2,1H3,(H,15,16). The topological polar surface area (TPSA) is 97.7 Å². The summed E-state index contributed by atoms with van der Waals surface area (Å²) in [6, 6.07) is 0. The van der Waals surface area contributed by atoms with Crippen molar-refractivity contribution in [3.8, 4) is 0 Å². The van der Waals surface area contributed by atoms with Crippen molar-refractivity contribution in [1.29, 1.82) is 0 Å². The summed E-state index contributed by atoms with van der Waals surface area (Å²) in [5.74, 6) is -2.66. The molecule has 94 valence electrons. The van der Waals surface area contributed by atoms with Gasteiger partial charge in [0.1, 0.15) is 12.0 Å². The van der Waals surface area contributed by atoms with E-state index in [0.29, 0.717) is 6.42 Å². The Labute approximate surface area is 97.9 Å². The minimum atomic E-state index is -1.52. The number of Topliss-reactive ketones (excluding diaryl/α,β-unsaturated/α-hetero) is 3. The fourth-order valence-electron chi connectivity index (χ4n) is 1.91. The Hall–Kier alpha value is -1.72. The van der Waals surface area contributed by atoms with Gasteiger partial charge in [-0.25, -0.2) is 4.79 Å². The van der Waals surface area contributed by atoms with Gasteiger partial charge in [0.05, 0.1) is 0 Å². The molecule has 1 saturated carbocycles. The molecule has 1 rings (SSSR count). The smallest absolute Gasteiger partial charge is 0.450 e. The summed E-state index contributed by atoms with van der Waals surface area (Å²) in [7, 11) is 0. The normalized spacial score (nSPS) is 24.5. The van der Waals surface area contributed by atoms with Gasteiger partial charge in [0.25, 0.3) is 0 Å². The molecule has 0 aliphatic heterocycles. The average molecular weight is 242 g/mol. The predicted octanol–water partition coefficient (Wildman–Crippen LogP) is 0.967. The lowest BCUT2D eigenvalue weighted by atomic mass is 9.81. The van der Waals surface area contributed by atoms with E-state index in [9.17, 15) is 19.2 Å². The molecule has 1 fully saturated rings. The van der Waals surface area contributed by atoms with E-state index in [1.54, 1.807) is 6.92 Å². The first-order chi connectivity index (χ1) is 7.95. The molecular weight excluding hydrogens is 228 g/mol. The Bertz CT molecular complexity index is 341. The van der Waals surface area contributed by atoms with E-state index in [-0.39, 0.29) is 25.0 Å². The number of hydrogen-bond acceptors (Lipinski definition) is 5. The molecule has 1 aliphatic carbocycles. The van der Waals surface area contributed by atoms with Crippen molar-refractivity contribution < 1.29 is 29.0 Å². The van der Waals surface area contributed by atoms with Gasteiger partial charge in [0.15, 0.2) is 17.3 Å². The zero-order valence-electron chi connectivity index (χ0n) is 9.47. The number of ketones is 3.